The van der Waals surface area contributed by atoms with Crippen molar-refractivity contribution in [3.63, 3.8) is 0 Å². The minimum absolute atomic E-state index is 0.0101. The lowest BCUT2D eigenvalue weighted by molar-refractivity contribution is 0.0784. The number of nitrogens with zero attached hydrogens (tertiary/aromatic N) is 2. The Labute approximate surface area is 126 Å². The van der Waals surface area contributed by atoms with Gasteiger partial charge in [-0.25, -0.2) is 4.98 Å². The molecule has 1 aromatic carbocycles. The maximum atomic E-state index is 12.5. The van der Waals surface area contributed by atoms with Crippen molar-refractivity contribution in [1.29, 1.82) is 0 Å². The van der Waals surface area contributed by atoms with E-state index in [1.165, 1.54) is 5.56 Å². The molecule has 102 valence electrons. The molecule has 0 spiro atoms. The Kier molecular flexibility index (Phi) is 3.83. The molecule has 0 saturated carbocycles. The average Bonchev–Trinajstić information content (AvgIpc) is 2.98. The van der Waals surface area contributed by atoms with Gasteiger partial charge in [-0.05, 0) is 40.0 Å². The Bertz CT molecular complexity index is 615. The van der Waals surface area contributed by atoms with Crippen LogP contribution in [0.2, 0.25) is 0 Å². The third kappa shape index (κ3) is 2.61. The smallest absolute Gasteiger partial charge is 0.273 e. The number of pyridine rings is 1. The van der Waals surface area contributed by atoms with Crippen LogP contribution < -0.4 is 0 Å². The standard InChI is InChI=1S/C16H15BrN2O/c17-14-7-4-9-18-15(14)16(20)19-10-8-13(11-19)12-5-2-1-3-6-12/h1-7,9,13H,8,10-11H2. The van der Waals surface area contributed by atoms with Crippen LogP contribution in [-0.4, -0.2) is 28.9 Å². The SMILES string of the molecule is O=C(c1ncccc1Br)N1CCC(c2ccccc2)C1. The monoisotopic (exact) mass is 330 g/mol. The maximum Gasteiger partial charge on any atom is 0.273 e. The summed E-state index contributed by atoms with van der Waals surface area (Å²) in [6.45, 7) is 1.56. The predicted molar refractivity (Wildman–Crippen MR) is 81.6 cm³/mol. The molecule has 20 heavy (non-hydrogen) atoms. The molecule has 0 N–H and O–H groups in total. The molecule has 1 aromatic heterocycles. The predicted octanol–water partition coefficient (Wildman–Crippen LogP) is 3.47. The highest BCUT2D eigenvalue weighted by atomic mass is 79.9. The van der Waals surface area contributed by atoms with E-state index in [1.807, 2.05) is 23.1 Å². The molecule has 4 heteroatoms. The molecule has 1 fully saturated rings. The summed E-state index contributed by atoms with van der Waals surface area (Å²) < 4.78 is 0.758. The molecule has 3 rings (SSSR count). The fraction of sp³-hybridized carbons (Fsp3) is 0.250. The van der Waals surface area contributed by atoms with Crippen molar-refractivity contribution in [2.75, 3.05) is 13.1 Å². The van der Waals surface area contributed by atoms with E-state index in [0.29, 0.717) is 11.6 Å². The largest absolute Gasteiger partial charge is 0.337 e. The third-order valence-electron chi connectivity index (χ3n) is 3.71. The van der Waals surface area contributed by atoms with Crippen LogP contribution in [0.1, 0.15) is 28.4 Å². The highest BCUT2D eigenvalue weighted by Gasteiger charge is 2.29. The molecule has 1 amide bonds. The number of carbonyl (C=O) groups is 1. The fourth-order valence-electron chi connectivity index (χ4n) is 2.63. The van der Waals surface area contributed by atoms with Gasteiger partial charge in [0.05, 0.1) is 0 Å². The minimum Gasteiger partial charge on any atom is -0.337 e. The maximum absolute atomic E-state index is 12.5. The highest BCUT2D eigenvalue weighted by Crippen LogP contribution is 2.28. The highest BCUT2D eigenvalue weighted by molar-refractivity contribution is 9.10. The zero-order valence-electron chi connectivity index (χ0n) is 11.0. The second kappa shape index (κ2) is 5.75. The van der Waals surface area contributed by atoms with Gasteiger partial charge in [0.2, 0.25) is 0 Å². The molecule has 0 bridgehead atoms. The zero-order chi connectivity index (χ0) is 13.9. The number of hydrogen-bond acceptors (Lipinski definition) is 2. The molecule has 2 heterocycles. The van der Waals surface area contributed by atoms with Crippen LogP contribution in [0.25, 0.3) is 0 Å². The first-order valence-corrected chi connectivity index (χ1v) is 7.50. The Morgan fingerprint density at radius 3 is 2.75 bits per heavy atom. The van der Waals surface area contributed by atoms with Crippen LogP contribution in [0.4, 0.5) is 0 Å². The molecule has 1 saturated heterocycles. The van der Waals surface area contributed by atoms with Crippen molar-refractivity contribution in [3.8, 4) is 0 Å². The lowest BCUT2D eigenvalue weighted by Crippen LogP contribution is -2.29. The van der Waals surface area contributed by atoms with Crippen molar-refractivity contribution in [2.24, 2.45) is 0 Å². The molecule has 3 nitrogen and oxygen atoms in total. The molecular formula is C16H15BrN2O. The summed E-state index contributed by atoms with van der Waals surface area (Å²) in [6.07, 6.45) is 2.67. The lowest BCUT2D eigenvalue weighted by Gasteiger charge is -2.16. The molecular weight excluding hydrogens is 316 g/mol. The normalized spacial score (nSPS) is 18.2. The van der Waals surface area contributed by atoms with Crippen molar-refractivity contribution in [1.82, 2.24) is 9.88 Å². The first-order chi connectivity index (χ1) is 9.75. The Balaban J connectivity index is 1.75. The van der Waals surface area contributed by atoms with E-state index in [2.05, 4.69) is 45.2 Å². The van der Waals surface area contributed by atoms with E-state index >= 15 is 0 Å². The van der Waals surface area contributed by atoms with Crippen molar-refractivity contribution >= 4 is 21.8 Å². The van der Waals surface area contributed by atoms with Gasteiger partial charge in [-0.2, -0.15) is 0 Å². The first kappa shape index (κ1) is 13.3. The number of carbonyl (C=O) groups excluding carboxylic acids is 1. The quantitative estimate of drug-likeness (QED) is 0.844. The summed E-state index contributed by atoms with van der Waals surface area (Å²) in [5.41, 5.74) is 1.81. The van der Waals surface area contributed by atoms with Crippen LogP contribution in [0.3, 0.4) is 0 Å². The molecule has 1 unspecified atom stereocenters. The van der Waals surface area contributed by atoms with Crippen LogP contribution in [-0.2, 0) is 0 Å². The van der Waals surface area contributed by atoms with E-state index in [9.17, 15) is 4.79 Å². The molecule has 0 aliphatic carbocycles. The number of halogens is 1. The number of hydrogen-bond donors (Lipinski definition) is 0. The van der Waals surface area contributed by atoms with Crippen molar-refractivity contribution in [3.05, 3.63) is 64.4 Å². The van der Waals surface area contributed by atoms with Crippen LogP contribution in [0.5, 0.6) is 0 Å². The van der Waals surface area contributed by atoms with Gasteiger partial charge in [0, 0.05) is 29.7 Å². The van der Waals surface area contributed by atoms with E-state index in [4.69, 9.17) is 0 Å². The number of likely N-dealkylation sites (tertiary alicyclic amines) is 1. The van der Waals surface area contributed by atoms with E-state index in [1.54, 1.807) is 6.20 Å². The Morgan fingerprint density at radius 2 is 2.00 bits per heavy atom. The summed E-state index contributed by atoms with van der Waals surface area (Å²) in [5, 5.41) is 0. The zero-order valence-corrected chi connectivity index (χ0v) is 12.6. The van der Waals surface area contributed by atoms with E-state index < -0.39 is 0 Å². The van der Waals surface area contributed by atoms with E-state index in [0.717, 1.165) is 24.0 Å². The molecule has 2 aromatic rings. The van der Waals surface area contributed by atoms with Crippen LogP contribution >= 0.6 is 15.9 Å². The summed E-state index contributed by atoms with van der Waals surface area (Å²) >= 11 is 3.39. The van der Waals surface area contributed by atoms with Crippen molar-refractivity contribution in [2.45, 2.75) is 12.3 Å². The number of amides is 1. The second-order valence-corrected chi connectivity index (χ2v) is 5.84. The number of aromatic nitrogens is 1. The van der Waals surface area contributed by atoms with Crippen LogP contribution in [0.15, 0.2) is 53.1 Å². The third-order valence-corrected chi connectivity index (χ3v) is 4.35. The second-order valence-electron chi connectivity index (χ2n) is 4.98. The van der Waals surface area contributed by atoms with Gasteiger partial charge >= 0.3 is 0 Å². The lowest BCUT2D eigenvalue weighted by atomic mass is 9.99. The van der Waals surface area contributed by atoms with Gasteiger partial charge in [-0.3, -0.25) is 4.79 Å². The summed E-state index contributed by atoms with van der Waals surface area (Å²) in [5.74, 6) is 0.443. The minimum atomic E-state index is 0.0101. The topological polar surface area (TPSA) is 33.2 Å². The Morgan fingerprint density at radius 1 is 1.20 bits per heavy atom. The van der Waals surface area contributed by atoms with Gasteiger partial charge < -0.3 is 4.90 Å². The van der Waals surface area contributed by atoms with Gasteiger partial charge in [0.15, 0.2) is 0 Å². The fourth-order valence-corrected chi connectivity index (χ4v) is 3.06. The first-order valence-electron chi connectivity index (χ1n) is 6.70. The number of rotatable bonds is 2. The van der Waals surface area contributed by atoms with Crippen LogP contribution in [0, 0.1) is 0 Å². The Hall–Kier alpha value is -1.68. The van der Waals surface area contributed by atoms with Gasteiger partial charge in [-0.15, -0.1) is 0 Å². The number of benzene rings is 1. The summed E-state index contributed by atoms with van der Waals surface area (Å²) in [7, 11) is 0. The molecule has 1 aliphatic heterocycles. The molecule has 1 atom stereocenters. The van der Waals surface area contributed by atoms with Gasteiger partial charge in [0.25, 0.3) is 5.91 Å². The van der Waals surface area contributed by atoms with Gasteiger partial charge in [-0.1, -0.05) is 30.3 Å². The average molecular weight is 331 g/mol. The molecule has 0 radical (unpaired) electrons. The summed E-state index contributed by atoms with van der Waals surface area (Å²) in [4.78, 5) is 18.6. The summed E-state index contributed by atoms with van der Waals surface area (Å²) in [6, 6.07) is 14.1. The van der Waals surface area contributed by atoms with E-state index in [-0.39, 0.29) is 5.91 Å². The van der Waals surface area contributed by atoms with Gasteiger partial charge in [0.1, 0.15) is 5.69 Å². The van der Waals surface area contributed by atoms with Crippen molar-refractivity contribution < 1.29 is 4.79 Å². The molecule has 1 aliphatic rings.